The summed E-state index contributed by atoms with van der Waals surface area (Å²) < 4.78 is 11.0. The van der Waals surface area contributed by atoms with Gasteiger partial charge in [-0.2, -0.15) is 5.26 Å². The summed E-state index contributed by atoms with van der Waals surface area (Å²) in [5, 5.41) is 15.5. The van der Waals surface area contributed by atoms with Gasteiger partial charge in [-0.05, 0) is 66.7 Å². The van der Waals surface area contributed by atoms with Crippen LogP contribution in [0.2, 0.25) is 10.0 Å². The van der Waals surface area contributed by atoms with Crippen molar-refractivity contribution in [3.05, 3.63) is 91.9 Å². The average Bonchev–Trinajstić information content (AvgIpc) is 2.88. The fourth-order valence-electron chi connectivity index (χ4n) is 2.99. The van der Waals surface area contributed by atoms with E-state index < -0.39 is 17.8 Å². The molecule has 0 bridgehead atoms. The molecule has 0 saturated heterocycles. The summed E-state index contributed by atoms with van der Waals surface area (Å²) >= 11 is 15.2. The third-order valence-electron chi connectivity index (χ3n) is 4.76. The van der Waals surface area contributed by atoms with E-state index in [1.807, 2.05) is 6.07 Å². The lowest BCUT2D eigenvalue weighted by molar-refractivity contribution is -0.118. The number of amides is 2. The van der Waals surface area contributed by atoms with Gasteiger partial charge in [-0.3, -0.25) is 9.59 Å². The number of hydrogen-bond acceptors (Lipinski definition) is 6. The maximum Gasteiger partial charge on any atom is 0.337 e. The van der Waals surface area contributed by atoms with Gasteiger partial charge in [0.15, 0.2) is 6.61 Å². The highest BCUT2D eigenvalue weighted by Gasteiger charge is 2.14. The fraction of sp³-hybridized carbons (Fsp3) is 0.0769. The molecule has 0 aliphatic carbocycles. The fourth-order valence-corrected chi connectivity index (χ4v) is 3.66. The first-order valence-corrected chi connectivity index (χ1v) is 12.0. The van der Waals surface area contributed by atoms with Gasteiger partial charge >= 0.3 is 5.97 Å². The first-order chi connectivity index (χ1) is 17.7. The Morgan fingerprint density at radius 2 is 1.68 bits per heavy atom. The van der Waals surface area contributed by atoms with Crippen LogP contribution < -0.4 is 15.4 Å². The number of benzene rings is 3. The minimum Gasteiger partial charge on any atom is -0.483 e. The van der Waals surface area contributed by atoms with Gasteiger partial charge in [0.1, 0.15) is 17.4 Å². The molecule has 37 heavy (non-hydrogen) atoms. The molecule has 0 spiro atoms. The molecule has 0 atom stereocenters. The van der Waals surface area contributed by atoms with Crippen molar-refractivity contribution in [2.75, 3.05) is 24.4 Å². The predicted octanol–water partition coefficient (Wildman–Crippen LogP) is 6.11. The van der Waals surface area contributed by atoms with Crippen LogP contribution in [-0.4, -0.2) is 31.5 Å². The van der Waals surface area contributed by atoms with Crippen LogP contribution in [0.1, 0.15) is 15.9 Å². The van der Waals surface area contributed by atoms with Gasteiger partial charge in [0, 0.05) is 21.4 Å². The summed E-state index contributed by atoms with van der Waals surface area (Å²) in [5.74, 6) is -1.36. The number of methoxy groups -OCH3 is 1. The van der Waals surface area contributed by atoms with Crippen molar-refractivity contribution in [3.8, 4) is 11.8 Å². The summed E-state index contributed by atoms with van der Waals surface area (Å²) in [6, 6.07) is 17.5. The van der Waals surface area contributed by atoms with Gasteiger partial charge in [0.05, 0.1) is 22.7 Å². The molecule has 3 aromatic rings. The molecular formula is C26H18BrCl2N3O5. The van der Waals surface area contributed by atoms with Crippen molar-refractivity contribution < 1.29 is 23.9 Å². The molecule has 3 aromatic carbocycles. The van der Waals surface area contributed by atoms with Crippen molar-refractivity contribution in [3.63, 3.8) is 0 Å². The van der Waals surface area contributed by atoms with Crippen LogP contribution >= 0.6 is 39.1 Å². The number of ether oxygens (including phenoxy) is 2. The molecule has 2 N–H and O–H groups in total. The number of halogens is 3. The number of nitriles is 1. The van der Waals surface area contributed by atoms with E-state index in [1.165, 1.54) is 43.5 Å². The quantitative estimate of drug-likeness (QED) is 0.183. The summed E-state index contributed by atoms with van der Waals surface area (Å²) in [7, 11) is 1.27. The Labute approximate surface area is 230 Å². The van der Waals surface area contributed by atoms with Crippen molar-refractivity contribution >= 4 is 74.4 Å². The molecule has 0 aromatic heterocycles. The summed E-state index contributed by atoms with van der Waals surface area (Å²) in [4.78, 5) is 36.6. The summed E-state index contributed by atoms with van der Waals surface area (Å²) in [6.07, 6.45) is 1.34. The highest BCUT2D eigenvalue weighted by molar-refractivity contribution is 9.10. The predicted molar refractivity (Wildman–Crippen MR) is 145 cm³/mol. The zero-order valence-corrected chi connectivity index (χ0v) is 22.3. The molecule has 0 unspecified atom stereocenters. The largest absolute Gasteiger partial charge is 0.483 e. The van der Waals surface area contributed by atoms with Crippen LogP contribution in [-0.2, 0) is 14.3 Å². The molecule has 0 fully saturated rings. The normalized spacial score (nSPS) is 10.7. The van der Waals surface area contributed by atoms with Crippen molar-refractivity contribution in [2.24, 2.45) is 0 Å². The van der Waals surface area contributed by atoms with E-state index in [2.05, 4.69) is 31.3 Å². The topological polar surface area (TPSA) is 118 Å². The second kappa shape index (κ2) is 12.9. The minimum absolute atomic E-state index is 0.208. The third kappa shape index (κ3) is 7.82. The van der Waals surface area contributed by atoms with Crippen LogP contribution in [0.5, 0.6) is 5.75 Å². The van der Waals surface area contributed by atoms with Gasteiger partial charge in [0.2, 0.25) is 0 Å². The molecule has 0 aliphatic rings. The Morgan fingerprint density at radius 1 is 0.973 bits per heavy atom. The minimum atomic E-state index is -0.670. The van der Waals surface area contributed by atoms with Gasteiger partial charge in [-0.15, -0.1) is 0 Å². The van der Waals surface area contributed by atoms with Crippen LogP contribution in [0.4, 0.5) is 11.4 Å². The third-order valence-corrected chi connectivity index (χ3v) is 6.00. The highest BCUT2D eigenvalue weighted by Crippen LogP contribution is 2.27. The summed E-state index contributed by atoms with van der Waals surface area (Å²) in [5.41, 5.74) is 1.32. The number of hydrogen-bond donors (Lipinski definition) is 2. The Balaban J connectivity index is 1.72. The van der Waals surface area contributed by atoms with E-state index in [0.29, 0.717) is 37.0 Å². The van der Waals surface area contributed by atoms with Crippen LogP contribution in [0.3, 0.4) is 0 Å². The molecule has 3 rings (SSSR count). The van der Waals surface area contributed by atoms with Gasteiger partial charge in [-0.1, -0.05) is 39.1 Å². The smallest absolute Gasteiger partial charge is 0.337 e. The second-order valence-electron chi connectivity index (χ2n) is 7.34. The van der Waals surface area contributed by atoms with E-state index in [4.69, 9.17) is 27.9 Å². The monoisotopic (exact) mass is 601 g/mol. The molecule has 8 nitrogen and oxygen atoms in total. The number of nitrogens with one attached hydrogen (secondary N) is 2. The SMILES string of the molecule is COC(=O)c1ccc(NC(=O)/C(C#N)=C\c2cc(Br)ccc2OCC(=O)Nc2ccc(Cl)c(Cl)c2)cc1. The zero-order valence-electron chi connectivity index (χ0n) is 19.2. The summed E-state index contributed by atoms with van der Waals surface area (Å²) in [6.45, 7) is -0.344. The standard InChI is InChI=1S/C26H18BrCl2N3O5/c1-36-26(35)15-2-5-19(6-3-15)32-25(34)17(13-30)10-16-11-18(27)4-9-23(16)37-14-24(33)31-20-7-8-21(28)22(29)12-20/h2-12H,14H2,1H3,(H,31,33)(H,32,34)/b17-10-. The first kappa shape index (κ1) is 27.7. The molecule has 0 aliphatic heterocycles. The van der Waals surface area contributed by atoms with Gasteiger partial charge in [0.25, 0.3) is 11.8 Å². The van der Waals surface area contributed by atoms with Crippen LogP contribution in [0.25, 0.3) is 6.08 Å². The maximum absolute atomic E-state index is 12.7. The molecule has 0 heterocycles. The number of carbonyl (C=O) groups excluding carboxylic acids is 3. The molecule has 11 heteroatoms. The number of anilines is 2. The maximum atomic E-state index is 12.7. The van der Waals surface area contributed by atoms with E-state index in [1.54, 1.807) is 30.3 Å². The molecule has 2 amide bonds. The van der Waals surface area contributed by atoms with Gasteiger partial charge in [-0.25, -0.2) is 4.79 Å². The average molecular weight is 603 g/mol. The van der Waals surface area contributed by atoms with Crippen molar-refractivity contribution in [1.29, 1.82) is 5.26 Å². The Morgan fingerprint density at radius 3 is 2.32 bits per heavy atom. The van der Waals surface area contributed by atoms with Crippen molar-refractivity contribution in [2.45, 2.75) is 0 Å². The number of carbonyl (C=O) groups is 3. The zero-order chi connectivity index (χ0) is 26.9. The highest BCUT2D eigenvalue weighted by atomic mass is 79.9. The lowest BCUT2D eigenvalue weighted by Crippen LogP contribution is -2.20. The van der Waals surface area contributed by atoms with Gasteiger partial charge < -0.3 is 20.1 Å². The van der Waals surface area contributed by atoms with E-state index in [9.17, 15) is 19.6 Å². The van der Waals surface area contributed by atoms with Crippen LogP contribution in [0, 0.1) is 11.3 Å². The molecule has 0 radical (unpaired) electrons. The van der Waals surface area contributed by atoms with E-state index in [-0.39, 0.29) is 17.9 Å². The Bertz CT molecular complexity index is 1420. The van der Waals surface area contributed by atoms with E-state index in [0.717, 1.165) is 0 Å². The Hall–Kier alpha value is -3.84. The lowest BCUT2D eigenvalue weighted by Gasteiger charge is -2.11. The van der Waals surface area contributed by atoms with E-state index >= 15 is 0 Å². The van der Waals surface area contributed by atoms with Crippen LogP contribution in [0.15, 0.2) is 70.7 Å². The number of rotatable bonds is 8. The number of esters is 1. The lowest BCUT2D eigenvalue weighted by atomic mass is 10.1. The second-order valence-corrected chi connectivity index (χ2v) is 9.07. The van der Waals surface area contributed by atoms with Crippen molar-refractivity contribution in [1.82, 2.24) is 0 Å². The molecule has 188 valence electrons. The first-order valence-electron chi connectivity index (χ1n) is 10.5. The Kier molecular flexibility index (Phi) is 9.69. The molecular weight excluding hydrogens is 585 g/mol. The molecule has 0 saturated carbocycles. The number of nitrogens with zero attached hydrogens (tertiary/aromatic N) is 1.